The van der Waals surface area contributed by atoms with Crippen LogP contribution in [0.3, 0.4) is 0 Å². The maximum absolute atomic E-state index is 14.2. The molecule has 0 bridgehead atoms. The van der Waals surface area contributed by atoms with Gasteiger partial charge in [0.05, 0.1) is 0 Å². The van der Waals surface area contributed by atoms with Crippen molar-refractivity contribution in [2.24, 2.45) is 11.7 Å². The summed E-state index contributed by atoms with van der Waals surface area (Å²) in [6.07, 6.45) is 3.17. The normalized spacial score (nSPS) is 17.5. The van der Waals surface area contributed by atoms with Crippen LogP contribution in [0, 0.1) is 11.7 Å². The van der Waals surface area contributed by atoms with Gasteiger partial charge in [0.25, 0.3) is 0 Å². The van der Waals surface area contributed by atoms with E-state index in [1.54, 1.807) is 12.1 Å². The molecule has 1 aliphatic heterocycles. The first kappa shape index (κ1) is 20.4. The molecular formula is C16H24BrClFN3O. The van der Waals surface area contributed by atoms with Gasteiger partial charge < -0.3 is 11.1 Å². The molecule has 1 fully saturated rings. The Morgan fingerprint density at radius 3 is 2.65 bits per heavy atom. The minimum Gasteiger partial charge on any atom is -0.368 e. The van der Waals surface area contributed by atoms with Gasteiger partial charge in [-0.05, 0) is 64.0 Å². The molecule has 1 amide bonds. The Kier molecular flexibility index (Phi) is 8.47. The van der Waals surface area contributed by atoms with Crippen LogP contribution in [0.15, 0.2) is 22.7 Å². The second-order valence-electron chi connectivity index (χ2n) is 5.84. The molecule has 3 N–H and O–H groups in total. The Morgan fingerprint density at radius 1 is 1.48 bits per heavy atom. The lowest BCUT2D eigenvalue weighted by Crippen LogP contribution is -2.43. The van der Waals surface area contributed by atoms with Gasteiger partial charge in [0, 0.05) is 10.0 Å². The van der Waals surface area contributed by atoms with E-state index in [2.05, 4.69) is 21.2 Å². The molecular weight excluding hydrogens is 385 g/mol. The van der Waals surface area contributed by atoms with Crippen LogP contribution < -0.4 is 11.1 Å². The molecule has 2 rings (SSSR count). The number of benzene rings is 1. The number of nitrogens with zero attached hydrogens (tertiary/aromatic N) is 1. The van der Waals surface area contributed by atoms with Crippen molar-refractivity contribution in [1.82, 2.24) is 10.2 Å². The number of halogens is 3. The summed E-state index contributed by atoms with van der Waals surface area (Å²) in [4.78, 5) is 13.9. The number of hydrogen-bond acceptors (Lipinski definition) is 3. The molecule has 1 unspecified atom stereocenters. The number of nitrogens with two attached hydrogens (primary N) is 1. The van der Waals surface area contributed by atoms with Crippen LogP contribution in [-0.2, 0) is 4.79 Å². The van der Waals surface area contributed by atoms with Gasteiger partial charge in [0.2, 0.25) is 5.91 Å². The number of piperidine rings is 1. The number of hydrogen-bond donors (Lipinski definition) is 2. The third-order valence-corrected chi connectivity index (χ3v) is 4.84. The number of amides is 1. The highest BCUT2D eigenvalue weighted by molar-refractivity contribution is 9.10. The van der Waals surface area contributed by atoms with Crippen LogP contribution in [0.4, 0.5) is 4.39 Å². The topological polar surface area (TPSA) is 58.4 Å². The average Bonchev–Trinajstić information content (AvgIpc) is 2.48. The number of nitrogens with one attached hydrogen (secondary N) is 1. The fourth-order valence-corrected chi connectivity index (χ4v) is 3.43. The van der Waals surface area contributed by atoms with Crippen molar-refractivity contribution >= 4 is 34.2 Å². The van der Waals surface area contributed by atoms with Crippen LogP contribution in [0.2, 0.25) is 0 Å². The number of carbonyl (C=O) groups is 1. The van der Waals surface area contributed by atoms with E-state index in [-0.39, 0.29) is 12.4 Å². The first-order valence-corrected chi connectivity index (χ1v) is 8.45. The second-order valence-corrected chi connectivity index (χ2v) is 6.76. The van der Waals surface area contributed by atoms with Crippen LogP contribution in [0.25, 0.3) is 0 Å². The monoisotopic (exact) mass is 407 g/mol. The largest absolute Gasteiger partial charge is 0.368 e. The van der Waals surface area contributed by atoms with Gasteiger partial charge in [0.1, 0.15) is 11.9 Å². The maximum atomic E-state index is 14.2. The summed E-state index contributed by atoms with van der Waals surface area (Å²) in [5.74, 6) is -0.225. The highest BCUT2D eigenvalue weighted by Crippen LogP contribution is 2.30. The SMILES string of the molecule is CNCCC1CCN(C(C(N)=O)c2ccc(Br)cc2F)CC1.Cl. The summed E-state index contributed by atoms with van der Waals surface area (Å²) in [6.45, 7) is 2.56. The standard InChI is InChI=1S/C16H23BrFN3O.ClH/c1-20-7-4-11-5-8-21(9-6-11)15(16(19)22)13-3-2-12(17)10-14(13)18;/h2-3,10-11,15,20H,4-9H2,1H3,(H2,19,22);1H. The lowest BCUT2D eigenvalue weighted by Gasteiger charge is -2.36. The molecule has 1 aromatic rings. The average molecular weight is 409 g/mol. The fraction of sp³-hybridized carbons (Fsp3) is 0.562. The molecule has 4 nitrogen and oxygen atoms in total. The highest BCUT2D eigenvalue weighted by Gasteiger charge is 2.31. The lowest BCUT2D eigenvalue weighted by molar-refractivity contribution is -0.124. The van der Waals surface area contributed by atoms with Crippen molar-refractivity contribution < 1.29 is 9.18 Å². The van der Waals surface area contributed by atoms with Gasteiger partial charge in [-0.2, -0.15) is 0 Å². The molecule has 1 saturated heterocycles. The summed E-state index contributed by atoms with van der Waals surface area (Å²) in [6, 6.07) is 4.08. The van der Waals surface area contributed by atoms with Crippen molar-refractivity contribution in [3.05, 3.63) is 34.1 Å². The predicted octanol–water partition coefficient (Wildman–Crippen LogP) is 2.86. The second kappa shape index (κ2) is 9.57. The van der Waals surface area contributed by atoms with Crippen molar-refractivity contribution in [2.45, 2.75) is 25.3 Å². The van der Waals surface area contributed by atoms with Crippen LogP contribution in [-0.4, -0.2) is 37.5 Å². The lowest BCUT2D eigenvalue weighted by atomic mass is 9.91. The molecule has 130 valence electrons. The molecule has 1 heterocycles. The van der Waals surface area contributed by atoms with E-state index < -0.39 is 17.8 Å². The molecule has 7 heteroatoms. The van der Waals surface area contributed by atoms with E-state index in [9.17, 15) is 9.18 Å². The van der Waals surface area contributed by atoms with Crippen LogP contribution in [0.5, 0.6) is 0 Å². The molecule has 0 radical (unpaired) electrons. The summed E-state index contributed by atoms with van der Waals surface area (Å²) in [5, 5.41) is 3.16. The molecule has 0 saturated carbocycles. The van der Waals surface area contributed by atoms with Gasteiger partial charge in [0.15, 0.2) is 0 Å². The summed E-state index contributed by atoms with van der Waals surface area (Å²) in [7, 11) is 1.95. The Bertz CT molecular complexity index is 524. The number of carbonyl (C=O) groups excluding carboxylic acids is 1. The summed E-state index contributed by atoms with van der Waals surface area (Å²) >= 11 is 3.23. The molecule has 1 aliphatic rings. The molecule has 23 heavy (non-hydrogen) atoms. The van der Waals surface area contributed by atoms with Gasteiger partial charge in [-0.25, -0.2) is 4.39 Å². The smallest absolute Gasteiger partial charge is 0.239 e. The Hall–Kier alpha value is -0.690. The first-order chi connectivity index (χ1) is 10.5. The summed E-state index contributed by atoms with van der Waals surface area (Å²) in [5.41, 5.74) is 5.92. The van der Waals surface area contributed by atoms with E-state index in [1.807, 2.05) is 11.9 Å². The van der Waals surface area contributed by atoms with Gasteiger partial charge in [-0.3, -0.25) is 9.69 Å². The fourth-order valence-electron chi connectivity index (χ4n) is 3.10. The Morgan fingerprint density at radius 2 is 2.13 bits per heavy atom. The van der Waals surface area contributed by atoms with Crippen molar-refractivity contribution in [1.29, 1.82) is 0 Å². The van der Waals surface area contributed by atoms with Crippen molar-refractivity contribution in [3.8, 4) is 0 Å². The minimum absolute atomic E-state index is 0. The van der Waals surface area contributed by atoms with Crippen molar-refractivity contribution in [3.63, 3.8) is 0 Å². The zero-order valence-corrected chi connectivity index (χ0v) is 15.6. The summed E-state index contributed by atoms with van der Waals surface area (Å²) < 4.78 is 14.8. The van der Waals surface area contributed by atoms with Crippen LogP contribution in [0.1, 0.15) is 30.9 Å². The molecule has 0 aromatic heterocycles. The zero-order chi connectivity index (χ0) is 16.1. The molecule has 1 atom stereocenters. The molecule has 1 aromatic carbocycles. The number of likely N-dealkylation sites (tertiary alicyclic amines) is 1. The Balaban J connectivity index is 0.00000264. The van der Waals surface area contributed by atoms with E-state index in [0.29, 0.717) is 16.0 Å². The van der Waals surface area contributed by atoms with E-state index in [0.717, 1.165) is 38.9 Å². The van der Waals surface area contributed by atoms with E-state index in [1.165, 1.54) is 6.07 Å². The van der Waals surface area contributed by atoms with E-state index >= 15 is 0 Å². The highest BCUT2D eigenvalue weighted by atomic mass is 79.9. The van der Waals surface area contributed by atoms with E-state index in [4.69, 9.17) is 5.73 Å². The number of rotatable bonds is 6. The molecule has 0 aliphatic carbocycles. The third kappa shape index (κ3) is 5.41. The van der Waals surface area contributed by atoms with Gasteiger partial charge in [-0.15, -0.1) is 12.4 Å². The number of primary amides is 1. The van der Waals surface area contributed by atoms with Gasteiger partial charge in [-0.1, -0.05) is 22.0 Å². The maximum Gasteiger partial charge on any atom is 0.239 e. The minimum atomic E-state index is -0.682. The van der Waals surface area contributed by atoms with Gasteiger partial charge >= 0.3 is 0 Å². The third-order valence-electron chi connectivity index (χ3n) is 4.34. The van der Waals surface area contributed by atoms with Crippen molar-refractivity contribution in [2.75, 3.05) is 26.7 Å². The Labute approximate surface area is 151 Å². The first-order valence-electron chi connectivity index (χ1n) is 7.66. The van der Waals surface area contributed by atoms with Crippen LogP contribution >= 0.6 is 28.3 Å². The quantitative estimate of drug-likeness (QED) is 0.761. The molecule has 0 spiro atoms. The zero-order valence-electron chi connectivity index (χ0n) is 13.2. The predicted molar refractivity (Wildman–Crippen MR) is 96.1 cm³/mol.